The fourth-order valence-corrected chi connectivity index (χ4v) is 1.51. The van der Waals surface area contributed by atoms with E-state index in [1.165, 1.54) is 0 Å². The molecule has 15 heavy (non-hydrogen) atoms. The lowest BCUT2D eigenvalue weighted by Crippen LogP contribution is -1.99. The molecule has 1 aromatic heterocycles. The van der Waals surface area contributed by atoms with Gasteiger partial charge in [-0.25, -0.2) is 4.79 Å². The summed E-state index contributed by atoms with van der Waals surface area (Å²) in [7, 11) is 0. The van der Waals surface area contributed by atoms with Crippen molar-refractivity contribution in [3.8, 4) is 11.3 Å². The molecule has 2 N–H and O–H groups in total. The predicted molar refractivity (Wildman–Crippen MR) is 55.7 cm³/mol. The molecule has 1 heterocycles. The molecule has 0 aliphatic carbocycles. The molecule has 0 saturated carbocycles. The molecule has 76 valence electrons. The van der Waals surface area contributed by atoms with Crippen molar-refractivity contribution in [2.75, 3.05) is 0 Å². The molecular weight excluding hydrogens is 192 g/mol. The van der Waals surface area contributed by atoms with Crippen LogP contribution in [0.25, 0.3) is 11.3 Å². The number of aromatic amines is 1. The Hall–Kier alpha value is -2.10. The molecule has 0 bridgehead atoms. The van der Waals surface area contributed by atoms with Gasteiger partial charge in [-0.3, -0.25) is 5.10 Å². The summed E-state index contributed by atoms with van der Waals surface area (Å²) in [5.41, 5.74) is 2.64. The van der Waals surface area contributed by atoms with Crippen molar-refractivity contribution >= 4 is 5.97 Å². The molecule has 0 aliphatic rings. The Morgan fingerprint density at radius 3 is 2.73 bits per heavy atom. The first-order valence-corrected chi connectivity index (χ1v) is 4.53. The van der Waals surface area contributed by atoms with E-state index in [2.05, 4.69) is 10.2 Å². The number of nitrogens with one attached hydrogen (secondary N) is 1. The Balaban J connectivity index is 2.63. The Morgan fingerprint density at radius 2 is 2.13 bits per heavy atom. The highest BCUT2D eigenvalue weighted by molar-refractivity contribution is 5.95. The van der Waals surface area contributed by atoms with Gasteiger partial charge in [-0.1, -0.05) is 18.2 Å². The van der Waals surface area contributed by atoms with Crippen LogP contribution in [0.4, 0.5) is 0 Å². The van der Waals surface area contributed by atoms with E-state index in [0.29, 0.717) is 5.56 Å². The zero-order valence-corrected chi connectivity index (χ0v) is 8.19. The van der Waals surface area contributed by atoms with Crippen molar-refractivity contribution in [3.63, 3.8) is 0 Å². The highest BCUT2D eigenvalue weighted by Crippen LogP contribution is 2.24. The molecule has 0 fully saturated rings. The summed E-state index contributed by atoms with van der Waals surface area (Å²) in [4.78, 5) is 11.0. The van der Waals surface area contributed by atoms with Crippen molar-refractivity contribution in [1.82, 2.24) is 10.2 Å². The second-order valence-electron chi connectivity index (χ2n) is 3.28. The third kappa shape index (κ3) is 1.61. The third-order valence-electron chi connectivity index (χ3n) is 2.26. The van der Waals surface area contributed by atoms with Crippen LogP contribution in [0, 0.1) is 6.92 Å². The molecule has 4 heteroatoms. The van der Waals surface area contributed by atoms with Crippen molar-refractivity contribution in [2.45, 2.75) is 6.92 Å². The summed E-state index contributed by atoms with van der Waals surface area (Å²) >= 11 is 0. The molecule has 0 atom stereocenters. The number of carboxylic acid groups (broad SMARTS) is 1. The van der Waals surface area contributed by atoms with Crippen LogP contribution in [0.3, 0.4) is 0 Å². The summed E-state index contributed by atoms with van der Waals surface area (Å²) < 4.78 is 0. The summed E-state index contributed by atoms with van der Waals surface area (Å²) in [5.74, 6) is -0.931. The normalized spacial score (nSPS) is 10.2. The van der Waals surface area contributed by atoms with Gasteiger partial charge in [0, 0.05) is 5.56 Å². The van der Waals surface area contributed by atoms with Gasteiger partial charge >= 0.3 is 5.97 Å². The maximum Gasteiger partial charge on any atom is 0.336 e. The minimum atomic E-state index is -0.931. The fourth-order valence-electron chi connectivity index (χ4n) is 1.51. The van der Waals surface area contributed by atoms with Crippen LogP contribution < -0.4 is 0 Å². The van der Waals surface area contributed by atoms with Crippen LogP contribution in [-0.4, -0.2) is 21.3 Å². The number of benzene rings is 1. The molecule has 2 rings (SSSR count). The average molecular weight is 202 g/mol. The van der Waals surface area contributed by atoms with Crippen molar-refractivity contribution < 1.29 is 9.90 Å². The van der Waals surface area contributed by atoms with Crippen LogP contribution >= 0.6 is 0 Å². The first-order chi connectivity index (χ1) is 7.20. The number of aromatic nitrogens is 2. The van der Waals surface area contributed by atoms with Gasteiger partial charge in [0.05, 0.1) is 17.5 Å². The molecule has 0 aliphatic heterocycles. The maximum absolute atomic E-state index is 11.0. The molecule has 1 aromatic carbocycles. The number of hydrogen-bond donors (Lipinski definition) is 2. The molecule has 0 unspecified atom stereocenters. The summed E-state index contributed by atoms with van der Waals surface area (Å²) in [6, 6.07) is 6.86. The summed E-state index contributed by atoms with van der Waals surface area (Å²) in [6.07, 6.45) is 1.67. The third-order valence-corrected chi connectivity index (χ3v) is 2.26. The average Bonchev–Trinajstić information content (AvgIpc) is 2.64. The predicted octanol–water partition coefficient (Wildman–Crippen LogP) is 2.08. The first-order valence-electron chi connectivity index (χ1n) is 4.53. The van der Waals surface area contributed by atoms with Crippen LogP contribution in [0.15, 0.2) is 30.5 Å². The van der Waals surface area contributed by atoms with Gasteiger partial charge in [0.2, 0.25) is 0 Å². The fraction of sp³-hybridized carbons (Fsp3) is 0.0909. The zero-order valence-electron chi connectivity index (χ0n) is 8.19. The Kier molecular flexibility index (Phi) is 2.25. The van der Waals surface area contributed by atoms with Gasteiger partial charge in [-0.2, -0.15) is 5.10 Å². The number of carboxylic acids is 1. The number of aromatic carboxylic acids is 1. The molecule has 2 aromatic rings. The number of hydrogen-bond acceptors (Lipinski definition) is 2. The van der Waals surface area contributed by atoms with Crippen molar-refractivity contribution in [1.29, 1.82) is 0 Å². The van der Waals surface area contributed by atoms with Crippen LogP contribution in [0.1, 0.15) is 15.9 Å². The molecule has 0 saturated heterocycles. The lowest BCUT2D eigenvalue weighted by molar-refractivity contribution is 0.0697. The SMILES string of the molecule is Cc1cn[nH]c1-c1ccccc1C(=O)O. The number of rotatable bonds is 2. The Morgan fingerprint density at radius 1 is 1.40 bits per heavy atom. The second-order valence-corrected chi connectivity index (χ2v) is 3.28. The van der Waals surface area contributed by atoms with E-state index in [9.17, 15) is 4.79 Å². The summed E-state index contributed by atoms with van der Waals surface area (Å²) in [6.45, 7) is 1.89. The molecule has 0 amide bonds. The molecule has 4 nitrogen and oxygen atoms in total. The maximum atomic E-state index is 11.0. The smallest absolute Gasteiger partial charge is 0.336 e. The van der Waals surface area contributed by atoms with Gasteiger partial charge < -0.3 is 5.11 Å². The standard InChI is InChI=1S/C11H10N2O2/c1-7-6-12-13-10(7)8-4-2-3-5-9(8)11(14)15/h2-6H,1H3,(H,12,13)(H,14,15). The van der Waals surface area contributed by atoms with Crippen LogP contribution in [-0.2, 0) is 0 Å². The van der Waals surface area contributed by atoms with Crippen molar-refractivity contribution in [2.24, 2.45) is 0 Å². The topological polar surface area (TPSA) is 66.0 Å². The van der Waals surface area contributed by atoms with E-state index in [1.807, 2.05) is 13.0 Å². The lowest BCUT2D eigenvalue weighted by atomic mass is 10.0. The van der Waals surface area contributed by atoms with Crippen LogP contribution in [0.2, 0.25) is 0 Å². The van der Waals surface area contributed by atoms with E-state index in [4.69, 9.17) is 5.11 Å². The summed E-state index contributed by atoms with van der Waals surface area (Å²) in [5, 5.41) is 15.7. The van der Waals surface area contributed by atoms with Gasteiger partial charge in [-0.15, -0.1) is 0 Å². The largest absolute Gasteiger partial charge is 0.478 e. The number of aryl methyl sites for hydroxylation is 1. The van der Waals surface area contributed by atoms with Gasteiger partial charge in [0.25, 0.3) is 0 Å². The highest BCUT2D eigenvalue weighted by atomic mass is 16.4. The Labute approximate surface area is 86.6 Å². The van der Waals surface area contributed by atoms with E-state index < -0.39 is 5.97 Å². The van der Waals surface area contributed by atoms with Gasteiger partial charge in [0.1, 0.15) is 0 Å². The number of carbonyl (C=O) groups is 1. The molecular formula is C11H10N2O2. The number of nitrogens with zero attached hydrogens (tertiary/aromatic N) is 1. The van der Waals surface area contributed by atoms with Crippen molar-refractivity contribution in [3.05, 3.63) is 41.6 Å². The minimum absolute atomic E-state index is 0.282. The number of H-pyrrole nitrogens is 1. The van der Waals surface area contributed by atoms with E-state index >= 15 is 0 Å². The van der Waals surface area contributed by atoms with E-state index in [-0.39, 0.29) is 5.56 Å². The quantitative estimate of drug-likeness (QED) is 0.783. The highest BCUT2D eigenvalue weighted by Gasteiger charge is 2.13. The van der Waals surface area contributed by atoms with E-state index in [0.717, 1.165) is 11.3 Å². The molecule has 0 radical (unpaired) electrons. The molecule has 0 spiro atoms. The van der Waals surface area contributed by atoms with Gasteiger partial charge in [0.15, 0.2) is 0 Å². The first kappa shape index (κ1) is 9.45. The van der Waals surface area contributed by atoms with E-state index in [1.54, 1.807) is 24.4 Å². The zero-order chi connectivity index (χ0) is 10.8. The monoisotopic (exact) mass is 202 g/mol. The minimum Gasteiger partial charge on any atom is -0.478 e. The van der Waals surface area contributed by atoms with Gasteiger partial charge in [-0.05, 0) is 18.6 Å². The Bertz CT molecular complexity index is 503. The van der Waals surface area contributed by atoms with Crippen LogP contribution in [0.5, 0.6) is 0 Å². The second kappa shape index (κ2) is 3.57. The lowest BCUT2D eigenvalue weighted by Gasteiger charge is -2.03.